The van der Waals surface area contributed by atoms with Crippen molar-refractivity contribution in [2.75, 3.05) is 18.5 Å². The molecule has 0 saturated carbocycles. The predicted molar refractivity (Wildman–Crippen MR) is 119 cm³/mol. The summed E-state index contributed by atoms with van der Waals surface area (Å²) >= 11 is 3.42. The molecule has 0 atom stereocenters. The molecule has 0 unspecified atom stereocenters. The van der Waals surface area contributed by atoms with Crippen LogP contribution in [0.25, 0.3) is 11.5 Å². The molecule has 0 spiro atoms. The van der Waals surface area contributed by atoms with E-state index in [-0.39, 0.29) is 24.5 Å². The van der Waals surface area contributed by atoms with Crippen molar-refractivity contribution in [2.24, 2.45) is 0 Å². The number of halogens is 1. The number of oxazole rings is 1. The number of anilines is 1. The normalized spacial score (nSPS) is 11.6. The lowest BCUT2D eigenvalue weighted by molar-refractivity contribution is 0.229. The predicted octanol–water partition coefficient (Wildman–Crippen LogP) is 5.92. The average Bonchev–Trinajstić information content (AvgIpc) is 3.14. The molecule has 0 amide bonds. The highest BCUT2D eigenvalue weighted by molar-refractivity contribution is 9.10. The van der Waals surface area contributed by atoms with Gasteiger partial charge in [0, 0.05) is 16.6 Å². The Kier molecular flexibility index (Phi) is 7.30. The first-order chi connectivity index (χ1) is 13.9. The van der Waals surface area contributed by atoms with Crippen molar-refractivity contribution in [3.63, 3.8) is 0 Å². The van der Waals surface area contributed by atoms with Crippen LogP contribution in [0.4, 0.5) is 5.88 Å². The van der Waals surface area contributed by atoms with Crippen LogP contribution in [0, 0.1) is 6.92 Å². The molecule has 0 aliphatic heterocycles. The van der Waals surface area contributed by atoms with E-state index in [0.717, 1.165) is 15.6 Å². The summed E-state index contributed by atoms with van der Waals surface area (Å²) in [4.78, 5) is 4.49. The Morgan fingerprint density at radius 1 is 1.03 bits per heavy atom. The molecule has 1 aromatic heterocycles. The third kappa shape index (κ3) is 5.37. The zero-order valence-corrected chi connectivity index (χ0v) is 19.1. The zero-order valence-electron chi connectivity index (χ0n) is 16.6. The van der Waals surface area contributed by atoms with E-state index in [1.165, 1.54) is 5.56 Å². The van der Waals surface area contributed by atoms with E-state index in [4.69, 9.17) is 13.5 Å². The molecule has 0 saturated heterocycles. The number of aryl methyl sites for hydroxylation is 1. The minimum absolute atomic E-state index is 0.159. The topological polar surface area (TPSA) is 73.6 Å². The molecule has 1 N–H and O–H groups in total. The Hall–Kier alpha value is -1.92. The highest BCUT2D eigenvalue weighted by atomic mass is 79.9. The van der Waals surface area contributed by atoms with Crippen LogP contribution in [0.2, 0.25) is 0 Å². The van der Waals surface area contributed by atoms with Crippen molar-refractivity contribution < 1.29 is 18.0 Å². The van der Waals surface area contributed by atoms with Crippen LogP contribution in [-0.2, 0) is 20.2 Å². The van der Waals surface area contributed by atoms with Gasteiger partial charge in [0.1, 0.15) is 0 Å². The second kappa shape index (κ2) is 9.72. The molecular formula is C21H24BrN2O4P. The van der Waals surface area contributed by atoms with Crippen LogP contribution in [0.1, 0.15) is 25.0 Å². The molecule has 2 aromatic carbocycles. The van der Waals surface area contributed by atoms with Crippen LogP contribution in [0.5, 0.6) is 0 Å². The van der Waals surface area contributed by atoms with Gasteiger partial charge in [-0.3, -0.25) is 4.57 Å². The van der Waals surface area contributed by atoms with Crippen LogP contribution < -0.4 is 10.8 Å². The monoisotopic (exact) mass is 478 g/mol. The van der Waals surface area contributed by atoms with Gasteiger partial charge in [-0.25, -0.2) is 0 Å². The summed E-state index contributed by atoms with van der Waals surface area (Å²) in [6.45, 7) is 6.52. The minimum Gasteiger partial charge on any atom is -0.420 e. The maximum absolute atomic E-state index is 13.4. The van der Waals surface area contributed by atoms with Crippen molar-refractivity contribution >= 4 is 34.8 Å². The van der Waals surface area contributed by atoms with Gasteiger partial charge in [0.25, 0.3) is 0 Å². The fourth-order valence-electron chi connectivity index (χ4n) is 2.72. The van der Waals surface area contributed by atoms with Crippen molar-refractivity contribution in [3.05, 3.63) is 64.1 Å². The maximum Gasteiger partial charge on any atom is 0.385 e. The van der Waals surface area contributed by atoms with Gasteiger partial charge in [-0.05, 0) is 50.6 Å². The molecule has 8 heteroatoms. The van der Waals surface area contributed by atoms with Crippen LogP contribution in [0.3, 0.4) is 0 Å². The van der Waals surface area contributed by atoms with Gasteiger partial charge in [0.15, 0.2) is 0 Å². The van der Waals surface area contributed by atoms with Crippen LogP contribution >= 0.6 is 23.5 Å². The fraction of sp³-hybridized carbons (Fsp3) is 0.286. The molecular weight excluding hydrogens is 455 g/mol. The van der Waals surface area contributed by atoms with Crippen LogP contribution in [-0.4, -0.2) is 18.2 Å². The number of aromatic nitrogens is 1. The molecule has 29 heavy (non-hydrogen) atoms. The molecule has 0 aliphatic rings. The summed E-state index contributed by atoms with van der Waals surface area (Å²) < 4.78 is 31.3. The second-order valence-corrected chi connectivity index (χ2v) is 9.20. The lowest BCUT2D eigenvalue weighted by atomic mass is 10.1. The molecule has 6 nitrogen and oxygen atoms in total. The van der Waals surface area contributed by atoms with E-state index in [1.807, 2.05) is 55.5 Å². The van der Waals surface area contributed by atoms with Crippen molar-refractivity contribution in [1.82, 2.24) is 4.98 Å². The molecule has 1 heterocycles. The number of hydrogen-bond acceptors (Lipinski definition) is 6. The van der Waals surface area contributed by atoms with E-state index in [2.05, 4.69) is 26.2 Å². The Morgan fingerprint density at radius 3 is 2.24 bits per heavy atom. The van der Waals surface area contributed by atoms with Gasteiger partial charge in [-0.1, -0.05) is 45.8 Å². The average molecular weight is 479 g/mol. The fourth-order valence-corrected chi connectivity index (χ4v) is 4.57. The van der Waals surface area contributed by atoms with Gasteiger partial charge in [0.05, 0.1) is 13.2 Å². The summed E-state index contributed by atoms with van der Waals surface area (Å²) in [5.41, 5.74) is 3.17. The van der Waals surface area contributed by atoms with E-state index in [9.17, 15) is 4.57 Å². The smallest absolute Gasteiger partial charge is 0.385 e. The van der Waals surface area contributed by atoms with Gasteiger partial charge in [-0.15, -0.1) is 0 Å². The van der Waals surface area contributed by atoms with E-state index >= 15 is 0 Å². The van der Waals surface area contributed by atoms with Gasteiger partial charge in [-0.2, -0.15) is 4.98 Å². The quantitative estimate of drug-likeness (QED) is 0.385. The van der Waals surface area contributed by atoms with Gasteiger partial charge < -0.3 is 18.8 Å². The number of nitrogens with zero attached hydrogens (tertiary/aromatic N) is 1. The summed E-state index contributed by atoms with van der Waals surface area (Å²) in [7, 11) is -3.62. The highest BCUT2D eigenvalue weighted by Crippen LogP contribution is 2.49. The van der Waals surface area contributed by atoms with E-state index in [1.54, 1.807) is 13.8 Å². The number of benzene rings is 2. The van der Waals surface area contributed by atoms with Crippen LogP contribution in [0.15, 0.2) is 57.4 Å². The first-order valence-electron chi connectivity index (χ1n) is 9.41. The number of nitrogens with one attached hydrogen (secondary N) is 1. The Bertz CT molecular complexity index is 977. The SMILES string of the molecule is CCOP(=O)(OCC)c1nc(-c2ccc(Br)cc2)oc1NCc1ccc(C)cc1. The molecule has 3 rings (SSSR count). The molecule has 0 fully saturated rings. The molecule has 0 bridgehead atoms. The van der Waals surface area contributed by atoms with E-state index < -0.39 is 7.60 Å². The number of rotatable bonds is 9. The standard InChI is InChI=1S/C21H24BrN2O4P/c1-4-26-29(25,27-5-2)21-20(23-14-16-8-6-15(3)7-9-16)28-19(24-21)17-10-12-18(22)13-11-17/h6-13,23H,4-5,14H2,1-3H3. The Balaban J connectivity index is 1.97. The third-order valence-electron chi connectivity index (χ3n) is 4.13. The largest absolute Gasteiger partial charge is 0.420 e. The molecule has 3 aromatic rings. The van der Waals surface area contributed by atoms with Gasteiger partial charge >= 0.3 is 7.60 Å². The molecule has 154 valence electrons. The minimum atomic E-state index is -3.62. The van der Waals surface area contributed by atoms with E-state index in [0.29, 0.717) is 12.4 Å². The maximum atomic E-state index is 13.4. The summed E-state index contributed by atoms with van der Waals surface area (Å²) in [5, 5.41) is 3.20. The molecule has 0 aliphatic carbocycles. The second-order valence-electron chi connectivity index (χ2n) is 6.35. The zero-order chi connectivity index (χ0) is 20.9. The lowest BCUT2D eigenvalue weighted by Crippen LogP contribution is -2.16. The van der Waals surface area contributed by atoms with Crippen molar-refractivity contribution in [2.45, 2.75) is 27.3 Å². The van der Waals surface area contributed by atoms with Crippen molar-refractivity contribution in [1.29, 1.82) is 0 Å². The third-order valence-corrected chi connectivity index (χ3v) is 6.68. The Labute approximate surface area is 179 Å². The number of hydrogen-bond donors (Lipinski definition) is 1. The summed E-state index contributed by atoms with van der Waals surface area (Å²) in [6.07, 6.45) is 0. The highest BCUT2D eigenvalue weighted by Gasteiger charge is 2.35. The first-order valence-corrected chi connectivity index (χ1v) is 11.7. The van der Waals surface area contributed by atoms with Crippen molar-refractivity contribution in [3.8, 4) is 11.5 Å². The molecule has 0 radical (unpaired) electrons. The first kappa shape index (κ1) is 21.8. The Morgan fingerprint density at radius 2 is 1.66 bits per heavy atom. The van der Waals surface area contributed by atoms with Gasteiger partial charge in [0.2, 0.25) is 17.2 Å². The summed E-state index contributed by atoms with van der Waals surface area (Å²) in [6, 6.07) is 15.7. The summed E-state index contributed by atoms with van der Waals surface area (Å²) in [5.74, 6) is 0.632. The lowest BCUT2D eigenvalue weighted by Gasteiger charge is -2.15.